The molecule has 0 amide bonds. The summed E-state index contributed by atoms with van der Waals surface area (Å²) in [5.41, 5.74) is 3.89. The highest BCUT2D eigenvalue weighted by atomic mass is 16.5. The first kappa shape index (κ1) is 16.0. The van der Waals surface area contributed by atoms with Crippen LogP contribution in [0.15, 0.2) is 60.9 Å². The molecule has 2 rings (SSSR count). The number of carbonyl (C=O) groups excluding carboxylic acids is 1. The van der Waals surface area contributed by atoms with Crippen molar-refractivity contribution in [1.82, 2.24) is 0 Å². The fourth-order valence-electron chi connectivity index (χ4n) is 2.08. The maximum absolute atomic E-state index is 11.9. The summed E-state index contributed by atoms with van der Waals surface area (Å²) in [4.78, 5) is 11.9. The van der Waals surface area contributed by atoms with Gasteiger partial charge in [0.2, 0.25) is 0 Å². The molecule has 2 aromatic carbocycles. The van der Waals surface area contributed by atoms with Crippen LogP contribution in [0.25, 0.3) is 5.57 Å². The minimum absolute atomic E-state index is 0.0943. The third-order valence-electron chi connectivity index (χ3n) is 3.54. The van der Waals surface area contributed by atoms with Gasteiger partial charge in [0.05, 0.1) is 11.8 Å². The van der Waals surface area contributed by atoms with E-state index in [1.54, 1.807) is 12.1 Å². The maximum atomic E-state index is 11.9. The van der Waals surface area contributed by atoms with Gasteiger partial charge in [0.15, 0.2) is 0 Å². The van der Waals surface area contributed by atoms with Crippen molar-refractivity contribution >= 4 is 11.5 Å². The Morgan fingerprint density at radius 1 is 0.955 bits per heavy atom. The predicted octanol–water partition coefficient (Wildman–Crippen LogP) is 5.20. The second-order valence-electron chi connectivity index (χ2n) is 6.40. The van der Waals surface area contributed by atoms with Crippen LogP contribution in [0.2, 0.25) is 0 Å². The largest absolute Gasteiger partial charge is 0.431 e. The van der Waals surface area contributed by atoms with Gasteiger partial charge in [-0.2, -0.15) is 0 Å². The Balaban J connectivity index is 2.14. The third-order valence-corrected chi connectivity index (χ3v) is 3.54. The molecule has 114 valence electrons. The maximum Gasteiger partial charge on any atom is 0.342 e. The van der Waals surface area contributed by atoms with Crippen molar-refractivity contribution < 1.29 is 9.53 Å². The number of hydrogen-bond acceptors (Lipinski definition) is 2. The van der Waals surface area contributed by atoms with E-state index in [-0.39, 0.29) is 11.4 Å². The van der Waals surface area contributed by atoms with Gasteiger partial charge in [0, 0.05) is 0 Å². The summed E-state index contributed by atoms with van der Waals surface area (Å²) in [7, 11) is 0. The Morgan fingerprint density at radius 2 is 1.59 bits per heavy atom. The number of hydrogen-bond donors (Lipinski definition) is 0. The summed E-state index contributed by atoms with van der Waals surface area (Å²) in [5.74, 6) is -0.341. The minimum atomic E-state index is -0.341. The molecular formula is C20H22O2. The van der Waals surface area contributed by atoms with Gasteiger partial charge in [-0.15, -0.1) is 0 Å². The average Bonchev–Trinajstić information content (AvgIpc) is 2.52. The van der Waals surface area contributed by atoms with E-state index in [1.165, 1.54) is 11.8 Å². The molecule has 2 heteroatoms. The molecule has 0 bridgehead atoms. The van der Waals surface area contributed by atoms with Crippen molar-refractivity contribution in [2.75, 3.05) is 0 Å². The zero-order valence-electron chi connectivity index (χ0n) is 13.6. The van der Waals surface area contributed by atoms with E-state index in [4.69, 9.17) is 4.74 Å². The molecule has 0 aromatic heterocycles. The molecule has 0 N–H and O–H groups in total. The number of benzene rings is 2. The first-order valence-electron chi connectivity index (χ1n) is 7.41. The van der Waals surface area contributed by atoms with E-state index in [1.807, 2.05) is 37.3 Å². The van der Waals surface area contributed by atoms with Crippen molar-refractivity contribution in [2.24, 2.45) is 0 Å². The van der Waals surface area contributed by atoms with Crippen LogP contribution < -0.4 is 0 Å². The summed E-state index contributed by atoms with van der Waals surface area (Å²) in [5, 5.41) is 0. The van der Waals surface area contributed by atoms with Crippen LogP contribution in [0.3, 0.4) is 0 Å². The van der Waals surface area contributed by atoms with Gasteiger partial charge in [-0.1, -0.05) is 63.2 Å². The van der Waals surface area contributed by atoms with Crippen molar-refractivity contribution in [3.8, 4) is 0 Å². The predicted molar refractivity (Wildman–Crippen MR) is 90.7 cm³/mol. The highest BCUT2D eigenvalue weighted by Crippen LogP contribution is 2.25. The monoisotopic (exact) mass is 294 g/mol. The van der Waals surface area contributed by atoms with Gasteiger partial charge in [-0.25, -0.2) is 4.79 Å². The van der Waals surface area contributed by atoms with Crippen molar-refractivity contribution in [1.29, 1.82) is 0 Å². The quantitative estimate of drug-likeness (QED) is 0.574. The molecule has 0 fully saturated rings. The third kappa shape index (κ3) is 4.08. The van der Waals surface area contributed by atoms with Crippen molar-refractivity contribution in [3.05, 3.63) is 77.5 Å². The Morgan fingerprint density at radius 3 is 2.23 bits per heavy atom. The van der Waals surface area contributed by atoms with Crippen LogP contribution in [0.1, 0.15) is 49.2 Å². The zero-order valence-corrected chi connectivity index (χ0v) is 13.6. The van der Waals surface area contributed by atoms with Gasteiger partial charge in [0.25, 0.3) is 0 Å². The molecular weight excluding hydrogens is 272 g/mol. The van der Waals surface area contributed by atoms with Gasteiger partial charge in [-0.05, 0) is 41.2 Å². The second-order valence-corrected chi connectivity index (χ2v) is 6.40. The number of allylic oxidation sites excluding steroid dienone is 1. The van der Waals surface area contributed by atoms with E-state index < -0.39 is 0 Å². The smallest absolute Gasteiger partial charge is 0.342 e. The molecule has 0 spiro atoms. The lowest BCUT2D eigenvalue weighted by atomic mass is 9.85. The summed E-state index contributed by atoms with van der Waals surface area (Å²) in [6, 6.07) is 17.3. The highest BCUT2D eigenvalue weighted by molar-refractivity contribution is 5.90. The fourth-order valence-corrected chi connectivity index (χ4v) is 2.08. The first-order chi connectivity index (χ1) is 10.4. The van der Waals surface area contributed by atoms with Crippen LogP contribution >= 0.6 is 0 Å². The topological polar surface area (TPSA) is 26.3 Å². The fraction of sp³-hybridized carbons (Fsp3) is 0.250. The molecule has 2 aromatic rings. The van der Waals surface area contributed by atoms with Crippen LogP contribution in [0, 0.1) is 0 Å². The highest BCUT2D eigenvalue weighted by Gasteiger charge is 2.14. The molecule has 22 heavy (non-hydrogen) atoms. The summed E-state index contributed by atoms with van der Waals surface area (Å²) in [6.45, 7) is 8.49. The van der Waals surface area contributed by atoms with Crippen LogP contribution in [-0.4, -0.2) is 5.97 Å². The molecule has 0 heterocycles. The van der Waals surface area contributed by atoms with Gasteiger partial charge in [0.1, 0.15) is 0 Å². The summed E-state index contributed by atoms with van der Waals surface area (Å²) >= 11 is 0. The lowest BCUT2D eigenvalue weighted by molar-refractivity contribution is 0.0664. The zero-order chi connectivity index (χ0) is 16.2. The number of esters is 1. The van der Waals surface area contributed by atoms with E-state index >= 15 is 0 Å². The van der Waals surface area contributed by atoms with Gasteiger partial charge in [-0.3, -0.25) is 0 Å². The standard InChI is InChI=1S/C20H22O2/c1-15(14-22-19(21)16-9-6-5-7-10-16)17-11-8-12-18(13-17)20(2,3)4/h5-14H,1-4H3. The average molecular weight is 294 g/mol. The summed E-state index contributed by atoms with van der Waals surface area (Å²) in [6.07, 6.45) is 1.52. The molecule has 0 atom stereocenters. The Labute approximate surface area is 132 Å². The molecule has 0 aliphatic rings. The van der Waals surface area contributed by atoms with Crippen LogP contribution in [0.5, 0.6) is 0 Å². The van der Waals surface area contributed by atoms with E-state index in [2.05, 4.69) is 32.9 Å². The normalized spacial score (nSPS) is 12.1. The van der Waals surface area contributed by atoms with Crippen LogP contribution in [-0.2, 0) is 10.2 Å². The molecule has 0 radical (unpaired) electrons. The van der Waals surface area contributed by atoms with Crippen LogP contribution in [0.4, 0.5) is 0 Å². The minimum Gasteiger partial charge on any atom is -0.431 e. The number of carbonyl (C=O) groups is 1. The lowest BCUT2D eigenvalue weighted by Gasteiger charge is -2.19. The van der Waals surface area contributed by atoms with E-state index in [0.29, 0.717) is 5.56 Å². The molecule has 0 saturated heterocycles. The molecule has 0 saturated carbocycles. The molecule has 0 aliphatic carbocycles. The van der Waals surface area contributed by atoms with Gasteiger partial charge < -0.3 is 4.74 Å². The molecule has 0 unspecified atom stereocenters. The SMILES string of the molecule is CC(=COC(=O)c1ccccc1)c1cccc(C(C)(C)C)c1. The van der Waals surface area contributed by atoms with E-state index in [9.17, 15) is 4.79 Å². The summed E-state index contributed by atoms with van der Waals surface area (Å²) < 4.78 is 5.27. The number of rotatable bonds is 3. The molecule has 0 aliphatic heterocycles. The van der Waals surface area contributed by atoms with Crippen molar-refractivity contribution in [2.45, 2.75) is 33.1 Å². The number of ether oxygens (including phenoxy) is 1. The Bertz CT molecular complexity index is 676. The van der Waals surface area contributed by atoms with Crippen molar-refractivity contribution in [3.63, 3.8) is 0 Å². The van der Waals surface area contributed by atoms with Gasteiger partial charge >= 0.3 is 5.97 Å². The lowest BCUT2D eigenvalue weighted by Crippen LogP contribution is -2.11. The first-order valence-corrected chi connectivity index (χ1v) is 7.41. The second kappa shape index (κ2) is 6.61. The van der Waals surface area contributed by atoms with E-state index in [0.717, 1.165) is 11.1 Å². The Kier molecular flexibility index (Phi) is 4.81. The molecule has 2 nitrogen and oxygen atoms in total. The Hall–Kier alpha value is -2.35.